The molecule has 1 aliphatic rings. The van der Waals surface area contributed by atoms with Crippen LogP contribution in [0, 0.1) is 17.6 Å². The highest BCUT2D eigenvalue weighted by atomic mass is 19.1. The van der Waals surface area contributed by atoms with Crippen molar-refractivity contribution >= 4 is 0 Å². The predicted molar refractivity (Wildman–Crippen MR) is 69.4 cm³/mol. The molecule has 0 aromatic heterocycles. The van der Waals surface area contributed by atoms with Crippen LogP contribution >= 0.6 is 0 Å². The Morgan fingerprint density at radius 1 is 1.11 bits per heavy atom. The van der Waals surface area contributed by atoms with E-state index in [-0.39, 0.29) is 6.04 Å². The Morgan fingerprint density at radius 2 is 1.72 bits per heavy atom. The third-order valence-corrected chi connectivity index (χ3v) is 3.79. The average molecular weight is 253 g/mol. The van der Waals surface area contributed by atoms with Crippen molar-refractivity contribution in [1.29, 1.82) is 0 Å². The van der Waals surface area contributed by atoms with Gasteiger partial charge in [-0.15, -0.1) is 0 Å². The van der Waals surface area contributed by atoms with E-state index in [1.165, 1.54) is 31.4 Å². The third kappa shape index (κ3) is 3.29. The lowest BCUT2D eigenvalue weighted by Crippen LogP contribution is -2.29. The number of benzene rings is 1. The van der Waals surface area contributed by atoms with Crippen LogP contribution in [0.4, 0.5) is 8.78 Å². The zero-order valence-electron chi connectivity index (χ0n) is 10.9. The monoisotopic (exact) mass is 253 g/mol. The van der Waals surface area contributed by atoms with Crippen LogP contribution in [0.3, 0.4) is 0 Å². The van der Waals surface area contributed by atoms with Gasteiger partial charge in [0.2, 0.25) is 0 Å². The van der Waals surface area contributed by atoms with E-state index in [4.69, 9.17) is 0 Å². The lowest BCUT2D eigenvalue weighted by Gasteiger charge is -2.31. The minimum atomic E-state index is -0.483. The fourth-order valence-electron chi connectivity index (χ4n) is 3.00. The minimum absolute atomic E-state index is 0.0838. The van der Waals surface area contributed by atoms with Gasteiger partial charge in [0.25, 0.3) is 0 Å². The molecule has 0 bridgehead atoms. The molecule has 1 aromatic carbocycles. The molecule has 1 saturated carbocycles. The zero-order valence-corrected chi connectivity index (χ0v) is 10.9. The summed E-state index contributed by atoms with van der Waals surface area (Å²) in [5, 5.41) is 3.39. The van der Waals surface area contributed by atoms with Gasteiger partial charge in [-0.25, -0.2) is 8.78 Å². The van der Waals surface area contributed by atoms with E-state index in [1.54, 1.807) is 0 Å². The molecule has 0 amide bonds. The van der Waals surface area contributed by atoms with Gasteiger partial charge < -0.3 is 5.32 Å². The molecule has 100 valence electrons. The van der Waals surface area contributed by atoms with E-state index in [0.29, 0.717) is 5.92 Å². The molecule has 1 fully saturated rings. The summed E-state index contributed by atoms with van der Waals surface area (Å²) in [6.45, 7) is 2.85. The Morgan fingerprint density at radius 3 is 2.28 bits per heavy atom. The Balaban J connectivity index is 2.22. The van der Waals surface area contributed by atoms with E-state index >= 15 is 0 Å². The van der Waals surface area contributed by atoms with Gasteiger partial charge in [0.05, 0.1) is 0 Å². The molecule has 2 rings (SSSR count). The first-order chi connectivity index (χ1) is 8.70. The quantitative estimate of drug-likeness (QED) is 0.848. The van der Waals surface area contributed by atoms with Gasteiger partial charge in [0.15, 0.2) is 0 Å². The van der Waals surface area contributed by atoms with Crippen molar-refractivity contribution in [2.24, 2.45) is 5.92 Å². The Bertz CT molecular complexity index is 366. The van der Waals surface area contributed by atoms with Crippen molar-refractivity contribution in [3.05, 3.63) is 35.4 Å². The highest BCUT2D eigenvalue weighted by Crippen LogP contribution is 2.34. The van der Waals surface area contributed by atoms with Gasteiger partial charge >= 0.3 is 0 Å². The summed E-state index contributed by atoms with van der Waals surface area (Å²) < 4.78 is 26.7. The van der Waals surface area contributed by atoms with Crippen LogP contribution in [0.25, 0.3) is 0 Å². The number of hydrogen-bond donors (Lipinski definition) is 1. The molecule has 0 heterocycles. The van der Waals surface area contributed by atoms with Crippen molar-refractivity contribution < 1.29 is 8.78 Å². The van der Waals surface area contributed by atoms with Gasteiger partial charge in [-0.2, -0.15) is 0 Å². The second kappa shape index (κ2) is 6.28. The summed E-state index contributed by atoms with van der Waals surface area (Å²) in [4.78, 5) is 0. The van der Waals surface area contributed by atoms with Gasteiger partial charge in [0.1, 0.15) is 11.6 Å². The standard InChI is InChI=1S/C15H21F2N/c1-2-18-15(11-6-4-3-5-7-11)12-8-13(16)10-14(17)9-12/h8-11,15,18H,2-7H2,1H3. The van der Waals surface area contributed by atoms with E-state index in [1.807, 2.05) is 6.92 Å². The van der Waals surface area contributed by atoms with Crippen molar-refractivity contribution in [2.75, 3.05) is 6.54 Å². The average Bonchev–Trinajstić information content (AvgIpc) is 2.36. The van der Waals surface area contributed by atoms with Crippen molar-refractivity contribution in [2.45, 2.75) is 45.1 Å². The van der Waals surface area contributed by atoms with Gasteiger partial charge in [0, 0.05) is 12.1 Å². The lowest BCUT2D eigenvalue weighted by molar-refractivity contribution is 0.273. The van der Waals surface area contributed by atoms with Gasteiger partial charge in [-0.05, 0) is 43.0 Å². The van der Waals surface area contributed by atoms with E-state index in [0.717, 1.165) is 31.0 Å². The Labute approximate surface area is 108 Å². The van der Waals surface area contributed by atoms with E-state index < -0.39 is 11.6 Å². The summed E-state index contributed by atoms with van der Waals surface area (Å²) in [7, 11) is 0. The topological polar surface area (TPSA) is 12.0 Å². The number of nitrogens with one attached hydrogen (secondary N) is 1. The fraction of sp³-hybridized carbons (Fsp3) is 0.600. The predicted octanol–water partition coefficient (Wildman–Crippen LogP) is 4.20. The number of rotatable bonds is 4. The van der Waals surface area contributed by atoms with E-state index in [9.17, 15) is 8.78 Å². The summed E-state index contributed by atoms with van der Waals surface area (Å²) in [6.07, 6.45) is 6.03. The van der Waals surface area contributed by atoms with Crippen molar-refractivity contribution in [3.8, 4) is 0 Å². The van der Waals surface area contributed by atoms with Crippen molar-refractivity contribution in [1.82, 2.24) is 5.32 Å². The second-order valence-corrected chi connectivity index (χ2v) is 5.14. The Kier molecular flexibility index (Phi) is 4.70. The van der Waals surface area contributed by atoms with Crippen LogP contribution in [-0.4, -0.2) is 6.54 Å². The normalized spacial score (nSPS) is 18.8. The molecule has 1 aliphatic carbocycles. The maximum absolute atomic E-state index is 13.3. The highest BCUT2D eigenvalue weighted by molar-refractivity contribution is 5.22. The van der Waals surface area contributed by atoms with Crippen LogP contribution in [-0.2, 0) is 0 Å². The van der Waals surface area contributed by atoms with Crippen LogP contribution in [0.1, 0.15) is 50.6 Å². The first kappa shape index (κ1) is 13.5. The first-order valence-electron chi connectivity index (χ1n) is 6.90. The zero-order chi connectivity index (χ0) is 13.0. The largest absolute Gasteiger partial charge is 0.310 e. The van der Waals surface area contributed by atoms with Crippen LogP contribution in [0.2, 0.25) is 0 Å². The number of hydrogen-bond acceptors (Lipinski definition) is 1. The molecule has 0 aliphatic heterocycles. The summed E-state index contributed by atoms with van der Waals surface area (Å²) >= 11 is 0. The highest BCUT2D eigenvalue weighted by Gasteiger charge is 2.25. The fourth-order valence-corrected chi connectivity index (χ4v) is 3.00. The number of halogens is 2. The molecule has 1 unspecified atom stereocenters. The third-order valence-electron chi connectivity index (χ3n) is 3.79. The van der Waals surface area contributed by atoms with Crippen LogP contribution < -0.4 is 5.32 Å². The molecule has 1 nitrogen and oxygen atoms in total. The van der Waals surface area contributed by atoms with Gasteiger partial charge in [-0.1, -0.05) is 26.2 Å². The van der Waals surface area contributed by atoms with E-state index in [2.05, 4.69) is 5.32 Å². The molecule has 1 N–H and O–H groups in total. The maximum atomic E-state index is 13.3. The molecule has 3 heteroatoms. The molecular weight excluding hydrogens is 232 g/mol. The van der Waals surface area contributed by atoms with Crippen LogP contribution in [0.15, 0.2) is 18.2 Å². The second-order valence-electron chi connectivity index (χ2n) is 5.14. The summed E-state index contributed by atoms with van der Waals surface area (Å²) in [6, 6.07) is 3.95. The van der Waals surface area contributed by atoms with Crippen LogP contribution in [0.5, 0.6) is 0 Å². The first-order valence-corrected chi connectivity index (χ1v) is 6.90. The smallest absolute Gasteiger partial charge is 0.126 e. The molecular formula is C15H21F2N. The maximum Gasteiger partial charge on any atom is 0.126 e. The Hall–Kier alpha value is -0.960. The molecule has 18 heavy (non-hydrogen) atoms. The van der Waals surface area contributed by atoms with Gasteiger partial charge in [-0.3, -0.25) is 0 Å². The summed E-state index contributed by atoms with van der Waals surface area (Å²) in [5.41, 5.74) is 0.751. The molecule has 0 radical (unpaired) electrons. The molecule has 0 spiro atoms. The van der Waals surface area contributed by atoms with Crippen molar-refractivity contribution in [3.63, 3.8) is 0 Å². The lowest BCUT2D eigenvalue weighted by atomic mass is 9.81. The SMILES string of the molecule is CCNC(c1cc(F)cc(F)c1)C1CCCCC1. The minimum Gasteiger partial charge on any atom is -0.310 e. The summed E-state index contributed by atoms with van der Waals surface area (Å²) in [5.74, 6) is -0.465. The molecule has 1 aromatic rings. The molecule has 0 saturated heterocycles. The molecule has 1 atom stereocenters.